The van der Waals surface area contributed by atoms with E-state index in [0.717, 1.165) is 24.8 Å². The van der Waals surface area contributed by atoms with E-state index in [1.165, 1.54) is 77.6 Å². The molecule has 0 aliphatic heterocycles. The molecule has 1 unspecified atom stereocenters. The number of benzene rings is 1. The van der Waals surface area contributed by atoms with Crippen molar-refractivity contribution in [3.63, 3.8) is 0 Å². The maximum Gasteiger partial charge on any atom is 0.305 e. The first-order valence-corrected chi connectivity index (χ1v) is 18.1. The molecule has 0 saturated heterocycles. The van der Waals surface area contributed by atoms with E-state index in [2.05, 4.69) is 39.3 Å². The van der Waals surface area contributed by atoms with Crippen molar-refractivity contribution in [2.24, 2.45) is 0 Å². The average molecular weight is 624 g/mol. The minimum Gasteiger partial charge on any atom is -0.462 e. The Hall–Kier alpha value is -1.53. The van der Waals surface area contributed by atoms with Gasteiger partial charge in [0, 0.05) is 25.4 Å². The van der Waals surface area contributed by atoms with E-state index in [0.29, 0.717) is 13.0 Å². The van der Waals surface area contributed by atoms with Gasteiger partial charge in [-0.3, -0.25) is 9.59 Å². The van der Waals surface area contributed by atoms with Gasteiger partial charge in [-0.15, -0.1) is 0 Å². The summed E-state index contributed by atoms with van der Waals surface area (Å²) in [4.78, 5) is 24.2. The molecule has 1 rings (SSSR count). The van der Waals surface area contributed by atoms with E-state index in [1.807, 2.05) is 30.3 Å². The lowest BCUT2D eigenvalue weighted by molar-refractivity contribution is -0.159. The van der Waals surface area contributed by atoms with E-state index >= 15 is 0 Å². The summed E-state index contributed by atoms with van der Waals surface area (Å²) in [6.07, 6.45) is 17.5. The number of hydrogen-bond acceptors (Lipinski definition) is 7. The highest BCUT2D eigenvalue weighted by molar-refractivity contribution is 7.44. The van der Waals surface area contributed by atoms with Gasteiger partial charge in [0.15, 0.2) is 6.10 Å². The van der Waals surface area contributed by atoms with Crippen molar-refractivity contribution in [1.29, 1.82) is 0 Å². The normalized spacial score (nSPS) is 13.0. The molecular weight excluding hydrogens is 561 g/mol. The molecule has 1 aromatic rings. The third-order valence-corrected chi connectivity index (χ3v) is 9.32. The molecule has 0 spiro atoms. The van der Waals surface area contributed by atoms with E-state index < -0.39 is 20.6 Å². The Morgan fingerprint density at radius 3 is 1.72 bits per heavy atom. The van der Waals surface area contributed by atoms with Crippen molar-refractivity contribution in [3.8, 4) is 0 Å². The number of esters is 2. The number of carbonyl (C=O) groups is 2. The van der Waals surface area contributed by atoms with E-state index in [4.69, 9.17) is 18.5 Å². The molecular formula is C35H62NO6P. The number of hydrogen-bond donors (Lipinski definition) is 0. The second-order valence-electron chi connectivity index (χ2n) is 12.1. The van der Waals surface area contributed by atoms with Gasteiger partial charge in [0.1, 0.15) is 6.61 Å². The van der Waals surface area contributed by atoms with Gasteiger partial charge in [0.05, 0.1) is 13.2 Å². The Kier molecular flexibility index (Phi) is 23.7. The molecule has 0 N–H and O–H groups in total. The van der Waals surface area contributed by atoms with Crippen molar-refractivity contribution in [2.75, 3.05) is 13.2 Å². The van der Waals surface area contributed by atoms with Crippen molar-refractivity contribution in [3.05, 3.63) is 35.9 Å². The third-order valence-electron chi connectivity index (χ3n) is 7.30. The van der Waals surface area contributed by atoms with Crippen molar-refractivity contribution < 1.29 is 28.1 Å². The monoisotopic (exact) mass is 623 g/mol. The van der Waals surface area contributed by atoms with Crippen LogP contribution in [0.2, 0.25) is 0 Å². The molecule has 0 aliphatic carbocycles. The fourth-order valence-electron chi connectivity index (χ4n) is 5.07. The second-order valence-corrected chi connectivity index (χ2v) is 13.6. The Morgan fingerprint density at radius 1 is 0.721 bits per heavy atom. The van der Waals surface area contributed by atoms with Crippen LogP contribution in [0.4, 0.5) is 0 Å². The Balaban J connectivity index is 2.35. The third kappa shape index (κ3) is 20.9. The van der Waals surface area contributed by atoms with Crippen molar-refractivity contribution in [1.82, 2.24) is 4.67 Å². The van der Waals surface area contributed by atoms with Gasteiger partial charge in [0.25, 0.3) is 8.53 Å². The van der Waals surface area contributed by atoms with E-state index in [9.17, 15) is 9.59 Å². The largest absolute Gasteiger partial charge is 0.462 e. The highest BCUT2D eigenvalue weighted by Gasteiger charge is 2.29. The lowest BCUT2D eigenvalue weighted by atomic mass is 10.0. The molecule has 0 saturated carbocycles. The van der Waals surface area contributed by atoms with Crippen LogP contribution >= 0.6 is 8.53 Å². The molecule has 0 radical (unpaired) electrons. The summed E-state index contributed by atoms with van der Waals surface area (Å²) in [6.45, 7) is 12.5. The second kappa shape index (κ2) is 25.8. The average Bonchev–Trinajstić information content (AvgIpc) is 2.97. The molecule has 0 bridgehead atoms. The number of carbonyl (C=O) groups excluding carboxylic acids is 2. The molecule has 0 aromatic heterocycles. The first-order valence-electron chi connectivity index (χ1n) is 17.0. The van der Waals surface area contributed by atoms with Crippen molar-refractivity contribution in [2.45, 2.75) is 163 Å². The fraction of sp³-hybridized carbons (Fsp3) is 0.771. The minimum atomic E-state index is -1.43. The maximum absolute atomic E-state index is 12.4. The van der Waals surface area contributed by atoms with Crippen LogP contribution < -0.4 is 0 Å². The molecule has 2 atom stereocenters. The number of rotatable bonds is 27. The quantitative estimate of drug-likeness (QED) is 0.0548. The summed E-state index contributed by atoms with van der Waals surface area (Å²) in [7, 11) is -1.43. The summed E-state index contributed by atoms with van der Waals surface area (Å²) in [6, 6.07) is 10.3. The molecule has 43 heavy (non-hydrogen) atoms. The standard InChI is InChI=1S/C35H62NO6P/c1-7-8-9-10-11-12-13-14-15-16-17-18-19-23-26-35(38)39-28-34(42-32(6)37)29-41-43(36(30(2)3)31(4)5)40-27-33-24-21-20-22-25-33/h20-22,24-25,30-31,34H,7-19,23,26-29H2,1-6H3/t34-,43?/m1/s1. The van der Waals surface area contributed by atoms with Crippen LogP contribution in [0.5, 0.6) is 0 Å². The Labute approximate surface area is 264 Å². The number of unbranched alkanes of at least 4 members (excludes halogenated alkanes) is 13. The fourth-order valence-corrected chi connectivity index (χ4v) is 6.72. The van der Waals surface area contributed by atoms with Gasteiger partial charge in [-0.1, -0.05) is 121 Å². The van der Waals surface area contributed by atoms with Crippen molar-refractivity contribution >= 4 is 20.5 Å². The van der Waals surface area contributed by atoms with Crippen LogP contribution in [0.1, 0.15) is 143 Å². The summed E-state index contributed by atoms with van der Waals surface area (Å²) < 4.78 is 25.6. The Morgan fingerprint density at radius 2 is 1.23 bits per heavy atom. The van der Waals surface area contributed by atoms with Gasteiger partial charge in [-0.05, 0) is 39.7 Å². The van der Waals surface area contributed by atoms with Crippen LogP contribution in [-0.2, 0) is 34.7 Å². The van der Waals surface area contributed by atoms with Crippen LogP contribution in [0.3, 0.4) is 0 Å². The Bertz CT molecular complexity index is 814. The van der Waals surface area contributed by atoms with E-state index in [-0.39, 0.29) is 31.3 Å². The topological polar surface area (TPSA) is 74.3 Å². The van der Waals surface area contributed by atoms with Gasteiger partial charge in [-0.25, -0.2) is 4.67 Å². The molecule has 0 amide bonds. The van der Waals surface area contributed by atoms with Crippen LogP contribution in [0, 0.1) is 0 Å². The zero-order valence-electron chi connectivity index (χ0n) is 28.2. The maximum atomic E-state index is 12.4. The minimum absolute atomic E-state index is 0.0256. The highest BCUT2D eigenvalue weighted by Crippen LogP contribution is 2.46. The molecule has 0 aliphatic rings. The first-order chi connectivity index (χ1) is 20.7. The molecule has 248 valence electrons. The highest BCUT2D eigenvalue weighted by atomic mass is 31.2. The summed E-state index contributed by atoms with van der Waals surface area (Å²) in [5, 5.41) is 0. The van der Waals surface area contributed by atoms with Crippen LogP contribution in [0.25, 0.3) is 0 Å². The van der Waals surface area contributed by atoms with Crippen LogP contribution in [-0.4, -0.2) is 48.0 Å². The molecule has 7 nitrogen and oxygen atoms in total. The summed E-state index contributed by atoms with van der Waals surface area (Å²) in [5.41, 5.74) is 1.06. The molecule has 1 aromatic carbocycles. The molecule has 0 heterocycles. The summed E-state index contributed by atoms with van der Waals surface area (Å²) >= 11 is 0. The summed E-state index contributed by atoms with van der Waals surface area (Å²) in [5.74, 6) is -0.694. The lowest BCUT2D eigenvalue weighted by Gasteiger charge is -2.36. The lowest BCUT2D eigenvalue weighted by Crippen LogP contribution is -2.35. The molecule has 0 fully saturated rings. The predicted molar refractivity (Wildman–Crippen MR) is 178 cm³/mol. The van der Waals surface area contributed by atoms with Gasteiger partial charge >= 0.3 is 11.9 Å². The zero-order chi connectivity index (χ0) is 31.7. The molecule has 8 heteroatoms. The smallest absolute Gasteiger partial charge is 0.305 e. The SMILES string of the molecule is CCCCCCCCCCCCCCCCC(=O)OC[C@H](COP(OCc1ccccc1)N(C(C)C)C(C)C)OC(C)=O. The predicted octanol–water partition coefficient (Wildman–Crippen LogP) is 9.91. The van der Waals surface area contributed by atoms with E-state index in [1.54, 1.807) is 0 Å². The van der Waals surface area contributed by atoms with Gasteiger partial charge < -0.3 is 18.5 Å². The zero-order valence-corrected chi connectivity index (χ0v) is 29.1. The first kappa shape index (κ1) is 39.5. The number of ether oxygens (including phenoxy) is 2. The number of nitrogens with zero attached hydrogens (tertiary/aromatic N) is 1. The van der Waals surface area contributed by atoms with Gasteiger partial charge in [-0.2, -0.15) is 0 Å². The van der Waals surface area contributed by atoms with Gasteiger partial charge in [0.2, 0.25) is 0 Å². The van der Waals surface area contributed by atoms with Crippen LogP contribution in [0.15, 0.2) is 30.3 Å².